The Hall–Kier alpha value is -0.610. The molecule has 0 aromatic rings. The van der Waals surface area contributed by atoms with Crippen LogP contribution in [-0.4, -0.2) is 32.1 Å². The van der Waals surface area contributed by atoms with E-state index in [0.717, 1.165) is 39.0 Å². The Labute approximate surface area is 80.3 Å². The van der Waals surface area contributed by atoms with Gasteiger partial charge in [-0.1, -0.05) is 13.3 Å². The molecule has 0 bridgehead atoms. The fraction of sp³-hybridized carbons (Fsp3) is 0.889. The van der Waals surface area contributed by atoms with Crippen LogP contribution in [0, 0.1) is 0 Å². The zero-order chi connectivity index (χ0) is 9.94. The van der Waals surface area contributed by atoms with E-state index < -0.39 is 0 Å². The molecule has 1 saturated heterocycles. The molecule has 0 unspecified atom stereocenters. The lowest BCUT2D eigenvalue weighted by atomic mass is 10.2. The molecule has 0 saturated carbocycles. The van der Waals surface area contributed by atoms with E-state index in [1.54, 1.807) is 0 Å². The first kappa shape index (κ1) is 12.4. The summed E-state index contributed by atoms with van der Waals surface area (Å²) in [6.07, 6.45) is 2.51. The van der Waals surface area contributed by atoms with Crippen LogP contribution in [0.15, 0.2) is 0 Å². The molecule has 0 aromatic heterocycles. The normalized spacial score (nSPS) is 15.8. The van der Waals surface area contributed by atoms with Crippen LogP contribution in [0.1, 0.15) is 26.2 Å². The minimum absolute atomic E-state index is 0.193. The molecule has 1 amide bonds. The van der Waals surface area contributed by atoms with Gasteiger partial charge in [0.25, 0.3) is 0 Å². The number of nitrogens with two attached hydrogens (primary N) is 1. The maximum absolute atomic E-state index is 9.98. The van der Waals surface area contributed by atoms with Crippen LogP contribution in [0.2, 0.25) is 0 Å². The highest BCUT2D eigenvalue weighted by atomic mass is 16.1. The number of carbonyl (C=O) groups excluding carboxylic acids is 1. The first-order valence-corrected chi connectivity index (χ1v) is 4.97. The molecule has 1 rings (SSSR count). The van der Waals surface area contributed by atoms with Gasteiger partial charge in [-0.25, -0.2) is 0 Å². The third-order valence-electron chi connectivity index (χ3n) is 1.73. The van der Waals surface area contributed by atoms with Gasteiger partial charge in [-0.05, 0) is 6.42 Å². The van der Waals surface area contributed by atoms with E-state index in [0.29, 0.717) is 6.42 Å². The van der Waals surface area contributed by atoms with Crippen molar-refractivity contribution in [2.24, 2.45) is 5.73 Å². The second kappa shape index (κ2) is 9.48. The Bertz CT molecular complexity index is 113. The molecule has 0 radical (unpaired) electrons. The average molecular weight is 187 g/mol. The predicted octanol–water partition coefficient (Wildman–Crippen LogP) is -0.159. The Morgan fingerprint density at radius 2 is 1.69 bits per heavy atom. The molecular formula is C9H21N3O. The number of rotatable bonds is 3. The third-order valence-corrected chi connectivity index (χ3v) is 1.73. The molecule has 4 nitrogen and oxygen atoms in total. The molecule has 13 heavy (non-hydrogen) atoms. The van der Waals surface area contributed by atoms with Gasteiger partial charge < -0.3 is 16.4 Å². The number of nitrogens with one attached hydrogen (secondary N) is 2. The molecule has 78 valence electrons. The van der Waals surface area contributed by atoms with Crippen LogP contribution in [0.25, 0.3) is 0 Å². The molecule has 1 aliphatic rings. The Kier molecular flexibility index (Phi) is 9.03. The highest BCUT2D eigenvalue weighted by Gasteiger charge is 1.91. The number of piperazine rings is 1. The summed E-state index contributed by atoms with van der Waals surface area (Å²) in [5.41, 5.74) is 4.84. The van der Waals surface area contributed by atoms with Crippen LogP contribution in [0.3, 0.4) is 0 Å². The van der Waals surface area contributed by atoms with Gasteiger partial charge in [0.2, 0.25) is 5.91 Å². The molecule has 4 N–H and O–H groups in total. The van der Waals surface area contributed by atoms with Crippen LogP contribution < -0.4 is 16.4 Å². The van der Waals surface area contributed by atoms with Crippen LogP contribution in [-0.2, 0) is 4.79 Å². The maximum Gasteiger partial charge on any atom is 0.217 e. The van der Waals surface area contributed by atoms with E-state index in [9.17, 15) is 4.79 Å². The van der Waals surface area contributed by atoms with Gasteiger partial charge in [-0.2, -0.15) is 0 Å². The number of carbonyl (C=O) groups is 1. The van der Waals surface area contributed by atoms with E-state index in [4.69, 9.17) is 5.73 Å². The van der Waals surface area contributed by atoms with Crippen molar-refractivity contribution in [3.8, 4) is 0 Å². The number of hydrogen-bond donors (Lipinski definition) is 3. The number of primary amides is 1. The van der Waals surface area contributed by atoms with Gasteiger partial charge in [0.15, 0.2) is 0 Å². The summed E-state index contributed by atoms with van der Waals surface area (Å²) in [5.74, 6) is -0.193. The molecule has 4 heteroatoms. The third kappa shape index (κ3) is 11.4. The summed E-state index contributed by atoms with van der Waals surface area (Å²) >= 11 is 0. The van der Waals surface area contributed by atoms with Crippen molar-refractivity contribution in [3.05, 3.63) is 0 Å². The molecule has 1 heterocycles. The van der Waals surface area contributed by atoms with Gasteiger partial charge in [-0.15, -0.1) is 0 Å². The Balaban J connectivity index is 0.000000223. The summed E-state index contributed by atoms with van der Waals surface area (Å²) < 4.78 is 0. The minimum Gasteiger partial charge on any atom is -0.370 e. The molecule has 0 aliphatic carbocycles. The molecule has 0 aromatic carbocycles. The zero-order valence-electron chi connectivity index (χ0n) is 8.44. The number of unbranched alkanes of at least 4 members (excludes halogenated alkanes) is 1. The largest absolute Gasteiger partial charge is 0.370 e. The van der Waals surface area contributed by atoms with Gasteiger partial charge in [0.05, 0.1) is 0 Å². The summed E-state index contributed by atoms with van der Waals surface area (Å²) in [5, 5.41) is 6.44. The monoisotopic (exact) mass is 187 g/mol. The van der Waals surface area contributed by atoms with Crippen LogP contribution in [0.4, 0.5) is 0 Å². The first-order valence-electron chi connectivity index (χ1n) is 4.97. The quantitative estimate of drug-likeness (QED) is 0.575. The molecule has 0 spiro atoms. The summed E-state index contributed by atoms with van der Waals surface area (Å²) in [4.78, 5) is 9.98. The van der Waals surface area contributed by atoms with E-state index in [1.165, 1.54) is 0 Å². The van der Waals surface area contributed by atoms with Crippen LogP contribution >= 0.6 is 0 Å². The molecule has 0 atom stereocenters. The van der Waals surface area contributed by atoms with E-state index in [-0.39, 0.29) is 5.91 Å². The SMILES string of the molecule is C1CNCCN1.CCCCC(N)=O. The van der Waals surface area contributed by atoms with Crippen molar-refractivity contribution in [1.82, 2.24) is 10.6 Å². The summed E-state index contributed by atoms with van der Waals surface area (Å²) in [7, 11) is 0. The Morgan fingerprint density at radius 3 is 1.85 bits per heavy atom. The number of amides is 1. The second-order valence-electron chi connectivity index (χ2n) is 3.07. The molecular weight excluding hydrogens is 166 g/mol. The fourth-order valence-corrected chi connectivity index (χ4v) is 0.955. The topological polar surface area (TPSA) is 67.2 Å². The van der Waals surface area contributed by atoms with E-state index >= 15 is 0 Å². The lowest BCUT2D eigenvalue weighted by Crippen LogP contribution is -2.39. The van der Waals surface area contributed by atoms with Gasteiger partial charge in [0, 0.05) is 32.6 Å². The minimum atomic E-state index is -0.193. The highest BCUT2D eigenvalue weighted by Crippen LogP contribution is 1.89. The van der Waals surface area contributed by atoms with Gasteiger partial charge in [0.1, 0.15) is 0 Å². The van der Waals surface area contributed by atoms with Crippen LogP contribution in [0.5, 0.6) is 0 Å². The first-order chi connectivity index (χ1) is 6.27. The standard InChI is InChI=1S/C5H11NO.C4H10N2/c1-2-3-4-5(6)7;1-2-6-4-3-5-1/h2-4H2,1H3,(H2,6,7);5-6H,1-4H2. The van der Waals surface area contributed by atoms with Crippen molar-refractivity contribution in [3.63, 3.8) is 0 Å². The van der Waals surface area contributed by atoms with Gasteiger partial charge >= 0.3 is 0 Å². The Morgan fingerprint density at radius 1 is 1.23 bits per heavy atom. The summed E-state index contributed by atoms with van der Waals surface area (Å²) in [6.45, 7) is 6.59. The summed E-state index contributed by atoms with van der Waals surface area (Å²) in [6, 6.07) is 0. The lowest BCUT2D eigenvalue weighted by Gasteiger charge is -2.11. The fourth-order valence-electron chi connectivity index (χ4n) is 0.955. The lowest BCUT2D eigenvalue weighted by molar-refractivity contribution is -0.118. The number of hydrogen-bond acceptors (Lipinski definition) is 3. The van der Waals surface area contributed by atoms with Crippen molar-refractivity contribution < 1.29 is 4.79 Å². The van der Waals surface area contributed by atoms with Gasteiger partial charge in [-0.3, -0.25) is 4.79 Å². The second-order valence-corrected chi connectivity index (χ2v) is 3.07. The predicted molar refractivity (Wildman–Crippen MR) is 54.5 cm³/mol. The maximum atomic E-state index is 9.98. The molecule has 1 fully saturated rings. The average Bonchev–Trinajstić information content (AvgIpc) is 2.18. The molecule has 1 aliphatic heterocycles. The van der Waals surface area contributed by atoms with Crippen molar-refractivity contribution in [2.75, 3.05) is 26.2 Å². The van der Waals surface area contributed by atoms with E-state index in [1.807, 2.05) is 6.92 Å². The van der Waals surface area contributed by atoms with Crippen molar-refractivity contribution in [2.45, 2.75) is 26.2 Å². The van der Waals surface area contributed by atoms with Crippen molar-refractivity contribution >= 4 is 5.91 Å². The van der Waals surface area contributed by atoms with E-state index in [2.05, 4.69) is 10.6 Å². The highest BCUT2D eigenvalue weighted by molar-refractivity contribution is 5.73. The smallest absolute Gasteiger partial charge is 0.217 e. The van der Waals surface area contributed by atoms with Crippen molar-refractivity contribution in [1.29, 1.82) is 0 Å². The zero-order valence-corrected chi connectivity index (χ0v) is 8.44.